The van der Waals surface area contributed by atoms with Crippen molar-refractivity contribution in [2.24, 2.45) is 0 Å². The van der Waals surface area contributed by atoms with Gasteiger partial charge in [0, 0.05) is 6.26 Å². The van der Waals surface area contributed by atoms with E-state index in [2.05, 4.69) is 101 Å². The van der Waals surface area contributed by atoms with Crippen molar-refractivity contribution in [3.63, 3.8) is 0 Å². The second-order valence-electron chi connectivity index (χ2n) is 7.42. The first kappa shape index (κ1) is 27.9. The van der Waals surface area contributed by atoms with Gasteiger partial charge in [-0.1, -0.05) is 54.4 Å². The molecule has 0 saturated heterocycles. The Hall–Kier alpha value is -2.38. The van der Waals surface area contributed by atoms with Gasteiger partial charge in [-0.2, -0.15) is 17.7 Å². The molecular weight excluding hydrogens is 538 g/mol. The topological polar surface area (TPSA) is 13.1 Å². The van der Waals surface area contributed by atoms with E-state index in [4.69, 9.17) is 4.42 Å². The van der Waals surface area contributed by atoms with E-state index < -0.39 is 0 Å². The van der Waals surface area contributed by atoms with Crippen LogP contribution < -0.4 is 24.8 Å². The molecule has 1 nitrogen and oxygen atoms in total. The summed E-state index contributed by atoms with van der Waals surface area (Å²) in [5.74, 6) is 0. The third kappa shape index (κ3) is 7.57. The van der Waals surface area contributed by atoms with Gasteiger partial charge in [0.1, 0.15) is 0 Å². The normalized spacial score (nSPS) is 11.3. The molecule has 6 rings (SSSR count). The predicted octanol–water partition coefficient (Wildman–Crippen LogP) is 1.72. The summed E-state index contributed by atoms with van der Waals surface area (Å²) >= 11 is 1.51. The summed E-state index contributed by atoms with van der Waals surface area (Å²) in [6.07, 6.45) is 12.8. The Balaban J connectivity index is 0.000000179. The van der Waals surface area contributed by atoms with Gasteiger partial charge in [-0.05, 0) is 0 Å². The summed E-state index contributed by atoms with van der Waals surface area (Å²) in [7, 11) is 0. The molecule has 1 aromatic heterocycles. The van der Waals surface area contributed by atoms with Crippen LogP contribution in [0.2, 0.25) is 0 Å². The molecule has 0 saturated carbocycles. The maximum Gasteiger partial charge on any atom is -0.0771 e. The van der Waals surface area contributed by atoms with Crippen molar-refractivity contribution in [3.8, 4) is 0 Å². The Morgan fingerprint density at radius 3 is 1.97 bits per heavy atom. The van der Waals surface area contributed by atoms with Crippen LogP contribution >= 0.6 is 0 Å². The minimum atomic E-state index is 0. The van der Waals surface area contributed by atoms with Crippen LogP contribution in [0, 0.1) is 6.08 Å². The van der Waals surface area contributed by atoms with Crippen LogP contribution in [0.3, 0.4) is 0 Å². The van der Waals surface area contributed by atoms with Crippen molar-refractivity contribution in [2.45, 2.75) is 12.8 Å². The fourth-order valence-corrected chi connectivity index (χ4v) is 4.24. The Kier molecular flexibility index (Phi) is 12.1. The molecule has 170 valence electrons. The first-order valence-corrected chi connectivity index (χ1v) is 12.1. The van der Waals surface area contributed by atoms with Gasteiger partial charge in [0.05, 0.1) is 6.26 Å². The average Bonchev–Trinajstić information content (AvgIpc) is 3.61. The van der Waals surface area contributed by atoms with Crippen LogP contribution in [0.25, 0.3) is 27.1 Å². The number of rotatable bonds is 3. The molecule has 0 N–H and O–H groups in total. The maximum absolute atomic E-state index is 4.93. The first-order chi connectivity index (χ1) is 15.8. The smallest absolute Gasteiger partial charge is 0.0771 e. The number of furan rings is 1. The van der Waals surface area contributed by atoms with Gasteiger partial charge in [0.15, 0.2) is 0 Å². The molecule has 5 aromatic rings. The molecular formula is C30H24Cl2OZr-2. The van der Waals surface area contributed by atoms with Crippen LogP contribution in [-0.4, -0.2) is 3.71 Å². The molecule has 0 amide bonds. The van der Waals surface area contributed by atoms with Gasteiger partial charge in [-0.3, -0.25) is 0 Å². The minimum Gasteiger partial charge on any atom is -0.126 e. The second-order valence-corrected chi connectivity index (χ2v) is 8.43. The van der Waals surface area contributed by atoms with Gasteiger partial charge in [0.25, 0.3) is 0 Å². The van der Waals surface area contributed by atoms with E-state index in [1.54, 1.807) is 12.5 Å². The van der Waals surface area contributed by atoms with Crippen molar-refractivity contribution < 1.29 is 53.5 Å². The molecule has 0 aliphatic heterocycles. The maximum atomic E-state index is 4.93. The van der Waals surface area contributed by atoms with Crippen LogP contribution in [0.15, 0.2) is 120 Å². The van der Waals surface area contributed by atoms with Gasteiger partial charge < -0.3 is 29.2 Å². The van der Waals surface area contributed by atoms with E-state index in [9.17, 15) is 0 Å². The van der Waals surface area contributed by atoms with Crippen LogP contribution in [0.4, 0.5) is 0 Å². The average molecular weight is 563 g/mol. The van der Waals surface area contributed by atoms with E-state index >= 15 is 0 Å². The molecule has 0 bridgehead atoms. The molecule has 0 unspecified atom stereocenters. The number of fused-ring (bicyclic) bond motifs is 3. The molecule has 1 aliphatic rings. The van der Waals surface area contributed by atoms with E-state index in [0.717, 1.165) is 24.0 Å². The zero-order chi connectivity index (χ0) is 22.0. The molecule has 1 aliphatic carbocycles. The number of halogens is 2. The van der Waals surface area contributed by atoms with Crippen molar-refractivity contribution in [1.29, 1.82) is 0 Å². The van der Waals surface area contributed by atoms with Crippen molar-refractivity contribution in [1.82, 2.24) is 0 Å². The fraction of sp³-hybridized carbons (Fsp3) is 0.0667. The van der Waals surface area contributed by atoms with Crippen molar-refractivity contribution in [3.05, 3.63) is 133 Å². The summed E-state index contributed by atoms with van der Waals surface area (Å²) in [5, 5.41) is 5.39. The third-order valence-corrected chi connectivity index (χ3v) is 5.73. The Morgan fingerprint density at radius 2 is 1.44 bits per heavy atom. The van der Waals surface area contributed by atoms with Crippen molar-refractivity contribution in [2.75, 3.05) is 0 Å². The molecule has 0 atom stereocenters. The minimum absolute atomic E-state index is 0. The summed E-state index contributed by atoms with van der Waals surface area (Å²) in [4.78, 5) is 0. The SMILES string of the molecule is [C-]1=C(c2ccoc2)C=CC1.[Cl-].[Cl-].[Zr+2]=[CH]Cc1ccccc1.c1ccc2c(c1)[cH-]c1ccccc12. The van der Waals surface area contributed by atoms with Crippen LogP contribution in [0.5, 0.6) is 0 Å². The van der Waals surface area contributed by atoms with Gasteiger partial charge in [0.2, 0.25) is 0 Å². The quantitative estimate of drug-likeness (QED) is 0.306. The molecule has 0 spiro atoms. The van der Waals surface area contributed by atoms with Crippen LogP contribution in [0.1, 0.15) is 17.5 Å². The van der Waals surface area contributed by atoms with E-state index in [-0.39, 0.29) is 24.8 Å². The Labute approximate surface area is 228 Å². The molecule has 0 radical (unpaired) electrons. The zero-order valence-corrected chi connectivity index (χ0v) is 22.6. The molecule has 1 heterocycles. The Morgan fingerprint density at radius 1 is 0.824 bits per heavy atom. The van der Waals surface area contributed by atoms with Crippen LogP contribution in [-0.2, 0) is 30.7 Å². The Bertz CT molecular complexity index is 1280. The largest absolute Gasteiger partial charge is 0.126 e. The van der Waals surface area contributed by atoms with E-state index in [0.29, 0.717) is 0 Å². The second kappa shape index (κ2) is 14.8. The number of allylic oxidation sites excluding steroid dienone is 4. The number of hydrogen-bond donors (Lipinski definition) is 0. The van der Waals surface area contributed by atoms with Gasteiger partial charge in [-0.25, -0.2) is 0 Å². The molecule has 34 heavy (non-hydrogen) atoms. The van der Waals surface area contributed by atoms with Gasteiger partial charge in [-0.15, -0.1) is 45.8 Å². The fourth-order valence-electron chi connectivity index (χ4n) is 3.66. The molecule has 0 fully saturated rings. The monoisotopic (exact) mass is 560 g/mol. The molecule has 4 heteroatoms. The van der Waals surface area contributed by atoms with E-state index in [1.165, 1.54) is 51.3 Å². The summed E-state index contributed by atoms with van der Waals surface area (Å²) < 4.78 is 7.18. The number of hydrogen-bond acceptors (Lipinski definition) is 1. The third-order valence-electron chi connectivity index (χ3n) is 5.23. The van der Waals surface area contributed by atoms with E-state index in [1.807, 2.05) is 12.1 Å². The van der Waals surface area contributed by atoms with Crippen molar-refractivity contribution >= 4 is 30.8 Å². The van der Waals surface area contributed by atoms with Gasteiger partial charge >= 0.3 is 70.3 Å². The number of benzene rings is 3. The predicted molar refractivity (Wildman–Crippen MR) is 132 cm³/mol. The molecule has 4 aromatic carbocycles. The summed E-state index contributed by atoms with van der Waals surface area (Å²) in [6.45, 7) is 0. The summed E-state index contributed by atoms with van der Waals surface area (Å²) in [5.41, 5.74) is 3.68. The standard InChI is InChI=1S/C13H9.C9H7O.C8H8.2ClH.Zr/c1-3-7-12-10(5-1)9-11-6-2-4-8-13(11)12;1-2-4-8(3-1)9-5-6-10-7-9;1-2-8-6-4-3-5-7-8;;;/h1-9H;1,3,5-7H,2H2;1,3-7H,2H2;2*1H;/q2*-1;;;;+2/p-2. The zero-order valence-electron chi connectivity index (χ0n) is 18.6. The first-order valence-electron chi connectivity index (χ1n) is 10.7. The summed E-state index contributed by atoms with van der Waals surface area (Å²) in [6, 6.07) is 31.7.